The van der Waals surface area contributed by atoms with Crippen LogP contribution >= 0.6 is 0 Å². The second kappa shape index (κ2) is 12.5. The lowest BCUT2D eigenvalue weighted by atomic mass is 9.63. The Morgan fingerprint density at radius 3 is 2.05 bits per heavy atom. The van der Waals surface area contributed by atoms with Gasteiger partial charge in [-0.3, -0.25) is 0 Å². The average Bonchev–Trinajstić information content (AvgIpc) is 3.77. The van der Waals surface area contributed by atoms with Crippen LogP contribution in [0, 0.1) is 0 Å². The van der Waals surface area contributed by atoms with Crippen LogP contribution in [0.15, 0.2) is 212 Å². The van der Waals surface area contributed by atoms with Gasteiger partial charge in [0.2, 0.25) is 0 Å². The maximum Gasteiger partial charge on any atom is 0.132 e. The Balaban J connectivity index is 1.30. The van der Waals surface area contributed by atoms with Crippen molar-refractivity contribution in [2.75, 3.05) is 0 Å². The number of rotatable bonds is 5. The maximum absolute atomic E-state index is 10.2. The first-order valence-electron chi connectivity index (χ1n) is 27.3. The molecule has 1 aliphatic rings. The molecule has 0 fully saturated rings. The quantitative estimate of drug-likeness (QED) is 0.173. The lowest BCUT2D eigenvalue weighted by Crippen LogP contribution is -2.34. The molecule has 10 aromatic rings. The van der Waals surface area contributed by atoms with E-state index in [1.807, 2.05) is 72.8 Å². The van der Waals surface area contributed by atoms with Crippen LogP contribution in [0.5, 0.6) is 11.5 Å². The summed E-state index contributed by atoms with van der Waals surface area (Å²) in [5, 5.41) is 3.14. The number of hydrogen-bond acceptors (Lipinski definition) is 1. The summed E-state index contributed by atoms with van der Waals surface area (Å²) in [5.41, 5.74) is -5.32. The summed E-state index contributed by atoms with van der Waals surface area (Å²) in [6.07, 6.45) is 0. The minimum atomic E-state index is -3.05. The molecule has 0 amide bonds. The summed E-state index contributed by atoms with van der Waals surface area (Å²) in [5.74, 6) is -1.68. The first-order valence-corrected chi connectivity index (χ1v) is 17.3. The number of ether oxygens (including phenoxy) is 1. The Kier molecular flexibility index (Phi) is 3.93. The first-order chi connectivity index (χ1) is 35.6. The summed E-state index contributed by atoms with van der Waals surface area (Å²) in [6, 6.07) is 9.20. The van der Waals surface area contributed by atoms with E-state index in [1.165, 1.54) is 0 Å². The molecule has 2 heteroatoms. The van der Waals surface area contributed by atoms with E-state index >= 15 is 0 Å². The van der Waals surface area contributed by atoms with Gasteiger partial charge < -0.3 is 9.30 Å². The molecule has 0 bridgehead atoms. The zero-order chi connectivity index (χ0) is 53.8. The molecule has 0 saturated heterocycles. The third-order valence-corrected chi connectivity index (χ3v) is 10.0. The van der Waals surface area contributed by atoms with Crippen molar-refractivity contribution in [1.29, 1.82) is 0 Å². The predicted octanol–water partition coefficient (Wildman–Crippen LogP) is 13.8. The number of para-hydroxylation sites is 2. The topological polar surface area (TPSA) is 14.2 Å². The van der Waals surface area contributed by atoms with Gasteiger partial charge >= 0.3 is 0 Å². The molecule has 2 heterocycles. The molecular formula is C53H35NO. The average molecular weight is 722 g/mol. The second-order valence-electron chi connectivity index (χ2n) is 12.9. The van der Waals surface area contributed by atoms with E-state index in [0.29, 0.717) is 16.5 Å². The van der Waals surface area contributed by atoms with Crippen LogP contribution in [0.3, 0.4) is 0 Å². The highest BCUT2D eigenvalue weighted by molar-refractivity contribution is 6.22. The van der Waals surface area contributed by atoms with E-state index in [2.05, 4.69) is 4.57 Å². The number of hydrogen-bond donors (Lipinski definition) is 0. The first kappa shape index (κ1) is 17.3. The maximum atomic E-state index is 10.2. The highest BCUT2D eigenvalue weighted by Crippen LogP contribution is 2.56. The third-order valence-electron chi connectivity index (χ3n) is 10.0. The van der Waals surface area contributed by atoms with Gasteiger partial charge in [0.1, 0.15) is 11.5 Å². The van der Waals surface area contributed by atoms with Gasteiger partial charge in [0, 0.05) is 33.0 Å². The summed E-state index contributed by atoms with van der Waals surface area (Å²) in [6.45, 7) is 0. The van der Waals surface area contributed by atoms with Crippen molar-refractivity contribution in [1.82, 2.24) is 4.57 Å². The Hall–Kier alpha value is -7.16. The molecule has 1 unspecified atom stereocenters. The van der Waals surface area contributed by atoms with Gasteiger partial charge in [-0.25, -0.2) is 0 Å². The van der Waals surface area contributed by atoms with E-state index in [1.54, 1.807) is 12.1 Å². The monoisotopic (exact) mass is 721 g/mol. The Morgan fingerprint density at radius 1 is 0.473 bits per heavy atom. The van der Waals surface area contributed by atoms with Crippen molar-refractivity contribution in [3.05, 3.63) is 234 Å². The smallest absolute Gasteiger partial charge is 0.132 e. The SMILES string of the molecule is [2H]c1cc(C2(c3c([2H])c([2H])c([2H])c([2H])c3[2H])c3c([2H])c([2H])c([2H])c([2H])c3Oc3c([2H])c([2H])c(-c4c([2H])c([2H])c(-c5cccc6c5c5ccc7ccccc7c5n6-c5ccccc5)c([2H])c4[2H])c([2H])c32)c([2H])c([2H])c1[2H]. The van der Waals surface area contributed by atoms with Crippen LogP contribution in [-0.2, 0) is 5.41 Å². The van der Waals surface area contributed by atoms with Crippen molar-refractivity contribution < 1.29 is 32.2 Å². The lowest BCUT2D eigenvalue weighted by molar-refractivity contribution is 0.434. The van der Waals surface area contributed by atoms with Crippen LogP contribution in [-0.4, -0.2) is 4.57 Å². The molecule has 1 aliphatic heterocycles. The predicted molar refractivity (Wildman–Crippen MR) is 228 cm³/mol. The molecule has 0 spiro atoms. The number of benzene rings is 9. The normalized spacial score (nSPS) is 19.9. The highest BCUT2D eigenvalue weighted by Gasteiger charge is 2.45. The second-order valence-corrected chi connectivity index (χ2v) is 12.9. The fraction of sp³-hybridized carbons (Fsp3) is 0.0189. The molecule has 0 N–H and O–H groups in total. The van der Waals surface area contributed by atoms with E-state index in [0.717, 1.165) is 33.4 Å². The van der Waals surface area contributed by atoms with Gasteiger partial charge in [-0.15, -0.1) is 0 Å². The number of fused-ring (bicyclic) bond motifs is 7. The van der Waals surface area contributed by atoms with Crippen molar-refractivity contribution in [2.45, 2.75) is 5.41 Å². The largest absolute Gasteiger partial charge is 0.457 e. The molecular weight excluding hydrogens is 667 g/mol. The number of aromatic nitrogens is 1. The molecule has 258 valence electrons. The van der Waals surface area contributed by atoms with Crippen molar-refractivity contribution >= 4 is 32.6 Å². The zero-order valence-corrected chi connectivity index (χ0v) is 28.5. The van der Waals surface area contributed by atoms with Gasteiger partial charge in [-0.05, 0) is 75.1 Å². The van der Waals surface area contributed by atoms with Crippen LogP contribution in [0.25, 0.3) is 60.5 Å². The van der Waals surface area contributed by atoms with Gasteiger partial charge in [-0.2, -0.15) is 0 Å². The fourth-order valence-electron chi connectivity index (χ4n) is 7.76. The van der Waals surface area contributed by atoms with Crippen LogP contribution < -0.4 is 4.74 Å². The van der Waals surface area contributed by atoms with Gasteiger partial charge in [0.25, 0.3) is 0 Å². The molecule has 0 aliphatic carbocycles. The fourth-order valence-corrected chi connectivity index (χ4v) is 7.76. The van der Waals surface area contributed by atoms with Crippen molar-refractivity contribution in [2.24, 2.45) is 0 Å². The molecule has 2 nitrogen and oxygen atoms in total. The molecule has 55 heavy (non-hydrogen) atoms. The molecule has 9 aromatic carbocycles. The Bertz CT molecular complexity index is 4140. The lowest BCUT2D eigenvalue weighted by Gasteiger charge is -2.41. The number of nitrogens with zero attached hydrogens (tertiary/aromatic N) is 1. The van der Waals surface area contributed by atoms with Crippen molar-refractivity contribution in [3.63, 3.8) is 0 Å². The van der Waals surface area contributed by atoms with E-state index in [-0.39, 0.29) is 5.56 Å². The van der Waals surface area contributed by atoms with Gasteiger partial charge in [-0.1, -0.05) is 176 Å². The molecule has 11 rings (SSSR count). The summed E-state index contributed by atoms with van der Waals surface area (Å²) in [7, 11) is 0. The molecule has 0 saturated carbocycles. The summed E-state index contributed by atoms with van der Waals surface area (Å²) in [4.78, 5) is 0. The Labute approximate surface area is 348 Å². The standard InChI is InChI=1S/C53H35NO/c1-4-16-40(17-5-1)53(41-18-6-2-7-19-41)46-24-12-13-26-49(46)55-50-34-32-39(35-47(50)53)36-27-29-38(30-28-36)43-23-14-25-48-51(43)45-33-31-37-15-10-11-22-44(37)52(45)54(48)42-20-8-3-9-21-42/h1-35H/i1D,2D,4D,5D,6D,7D,12D,13D,16D,17D,18D,24D,26D,27D,28D,29D,30D,32D,34D,35D. The third kappa shape index (κ3) is 4.75. The van der Waals surface area contributed by atoms with Gasteiger partial charge in [0.15, 0.2) is 0 Å². The minimum absolute atomic E-state index is 0.163. The molecule has 0 radical (unpaired) electrons. The van der Waals surface area contributed by atoms with Crippen LogP contribution in [0.1, 0.15) is 49.7 Å². The summed E-state index contributed by atoms with van der Waals surface area (Å²) < 4.78 is 193. The Morgan fingerprint density at radius 2 is 1.18 bits per heavy atom. The van der Waals surface area contributed by atoms with Crippen LogP contribution in [0.2, 0.25) is 0 Å². The van der Waals surface area contributed by atoms with Crippen molar-refractivity contribution in [3.8, 4) is 39.4 Å². The van der Waals surface area contributed by atoms with E-state index in [4.69, 9.17) is 17.1 Å². The molecule has 1 aromatic heterocycles. The molecule has 1 atom stereocenters. The van der Waals surface area contributed by atoms with E-state index < -0.39 is 171 Å². The zero-order valence-electron chi connectivity index (χ0n) is 48.5. The summed E-state index contributed by atoms with van der Waals surface area (Å²) >= 11 is 0. The van der Waals surface area contributed by atoms with Gasteiger partial charge in [0.05, 0.1) is 43.9 Å². The highest BCUT2D eigenvalue weighted by atomic mass is 16.5. The van der Waals surface area contributed by atoms with E-state index in [9.17, 15) is 15.1 Å². The minimum Gasteiger partial charge on any atom is -0.457 e. The van der Waals surface area contributed by atoms with Crippen LogP contribution in [0.4, 0.5) is 0 Å².